The summed E-state index contributed by atoms with van der Waals surface area (Å²) in [4.78, 5) is 27.0. The normalized spacial score (nSPS) is 12.2. The Morgan fingerprint density at radius 2 is 2.11 bits per heavy atom. The van der Waals surface area contributed by atoms with Gasteiger partial charge in [0.25, 0.3) is 5.91 Å². The summed E-state index contributed by atoms with van der Waals surface area (Å²) in [5.74, 6) is -1.21. The highest BCUT2D eigenvalue weighted by atomic mass is 16.4. The lowest BCUT2D eigenvalue weighted by atomic mass is 10.0. The summed E-state index contributed by atoms with van der Waals surface area (Å²) < 4.78 is 0. The number of nitrogens with one attached hydrogen (secondary N) is 1. The maximum atomic E-state index is 11.9. The third-order valence-corrected chi connectivity index (χ3v) is 2.56. The van der Waals surface area contributed by atoms with Crippen molar-refractivity contribution in [3.63, 3.8) is 0 Å². The van der Waals surface area contributed by atoms with Crippen LogP contribution in [0.3, 0.4) is 0 Å². The predicted octanol–water partition coefficient (Wildman–Crippen LogP) is 1.62. The molecule has 5 nitrogen and oxygen atoms in total. The third kappa shape index (κ3) is 3.84. The van der Waals surface area contributed by atoms with Gasteiger partial charge >= 0.3 is 5.97 Å². The number of carbonyl (C=O) groups excluding carboxylic acids is 1. The summed E-state index contributed by atoms with van der Waals surface area (Å²) >= 11 is 0. The first-order chi connectivity index (χ1) is 8.41. The molecule has 0 aromatic carbocycles. The molecule has 1 aromatic rings. The molecule has 0 saturated carbocycles. The zero-order valence-electron chi connectivity index (χ0n) is 10.8. The van der Waals surface area contributed by atoms with Crippen LogP contribution in [0.1, 0.15) is 36.3 Å². The van der Waals surface area contributed by atoms with E-state index >= 15 is 0 Å². The van der Waals surface area contributed by atoms with Gasteiger partial charge in [0, 0.05) is 11.9 Å². The van der Waals surface area contributed by atoms with Crippen LogP contribution in [0.2, 0.25) is 0 Å². The molecule has 1 atom stereocenters. The van der Waals surface area contributed by atoms with Crippen LogP contribution in [-0.2, 0) is 4.79 Å². The van der Waals surface area contributed by atoms with Gasteiger partial charge < -0.3 is 10.4 Å². The fraction of sp³-hybridized carbons (Fsp3) is 0.462. The van der Waals surface area contributed by atoms with Gasteiger partial charge in [-0.15, -0.1) is 0 Å². The lowest BCUT2D eigenvalue weighted by Crippen LogP contribution is -2.41. The van der Waals surface area contributed by atoms with E-state index in [0.717, 1.165) is 0 Å². The van der Waals surface area contributed by atoms with Crippen molar-refractivity contribution in [3.05, 3.63) is 29.6 Å². The molecule has 0 radical (unpaired) electrons. The molecule has 5 heteroatoms. The van der Waals surface area contributed by atoms with Crippen molar-refractivity contribution < 1.29 is 14.7 Å². The van der Waals surface area contributed by atoms with Crippen molar-refractivity contribution in [1.29, 1.82) is 0 Å². The molecule has 1 rings (SSSR count). The molecule has 0 fully saturated rings. The van der Waals surface area contributed by atoms with Crippen LogP contribution in [0.15, 0.2) is 18.3 Å². The first-order valence-corrected chi connectivity index (χ1v) is 5.87. The minimum atomic E-state index is -1.02. The number of aliphatic carboxylic acids is 1. The number of pyridine rings is 1. The maximum absolute atomic E-state index is 11.9. The van der Waals surface area contributed by atoms with Crippen molar-refractivity contribution >= 4 is 11.9 Å². The standard InChI is InChI=1S/C13H18N2O3/c1-8(2)7-11(13(17)18)15-12(16)10-5-4-6-14-9(10)3/h4-6,8,11H,7H2,1-3H3,(H,15,16)(H,17,18). The number of hydrogen-bond donors (Lipinski definition) is 2. The van der Waals surface area contributed by atoms with E-state index in [9.17, 15) is 9.59 Å². The average Bonchev–Trinajstić information content (AvgIpc) is 2.27. The number of aryl methyl sites for hydroxylation is 1. The Morgan fingerprint density at radius 1 is 1.44 bits per heavy atom. The second-order valence-corrected chi connectivity index (χ2v) is 4.63. The highest BCUT2D eigenvalue weighted by Crippen LogP contribution is 2.08. The van der Waals surface area contributed by atoms with Crippen LogP contribution >= 0.6 is 0 Å². The van der Waals surface area contributed by atoms with E-state index in [2.05, 4.69) is 10.3 Å². The SMILES string of the molecule is Cc1ncccc1C(=O)NC(CC(C)C)C(=O)O. The molecular formula is C13H18N2O3. The summed E-state index contributed by atoms with van der Waals surface area (Å²) in [6.45, 7) is 5.54. The molecule has 0 saturated heterocycles. The highest BCUT2D eigenvalue weighted by molar-refractivity contribution is 5.97. The zero-order chi connectivity index (χ0) is 13.7. The summed E-state index contributed by atoms with van der Waals surface area (Å²) in [6, 6.07) is 2.42. The number of amides is 1. The smallest absolute Gasteiger partial charge is 0.326 e. The Morgan fingerprint density at radius 3 is 2.61 bits per heavy atom. The second kappa shape index (κ2) is 6.14. The van der Waals surface area contributed by atoms with Crippen molar-refractivity contribution in [2.45, 2.75) is 33.2 Å². The molecule has 0 spiro atoms. The quantitative estimate of drug-likeness (QED) is 0.832. The number of aromatic nitrogens is 1. The Balaban J connectivity index is 2.79. The maximum Gasteiger partial charge on any atom is 0.326 e. The van der Waals surface area contributed by atoms with E-state index in [0.29, 0.717) is 17.7 Å². The number of hydrogen-bond acceptors (Lipinski definition) is 3. The van der Waals surface area contributed by atoms with Crippen molar-refractivity contribution in [3.8, 4) is 0 Å². The van der Waals surface area contributed by atoms with Gasteiger partial charge in [0.1, 0.15) is 6.04 Å². The van der Waals surface area contributed by atoms with Gasteiger partial charge in [0.15, 0.2) is 0 Å². The fourth-order valence-corrected chi connectivity index (χ4v) is 1.65. The molecule has 0 aliphatic carbocycles. The summed E-state index contributed by atoms with van der Waals surface area (Å²) in [5.41, 5.74) is 0.996. The van der Waals surface area contributed by atoms with Gasteiger partial charge in [-0.05, 0) is 31.4 Å². The van der Waals surface area contributed by atoms with E-state index in [1.54, 1.807) is 25.3 Å². The molecule has 18 heavy (non-hydrogen) atoms. The van der Waals surface area contributed by atoms with Crippen LogP contribution in [0.25, 0.3) is 0 Å². The number of rotatable bonds is 5. The lowest BCUT2D eigenvalue weighted by Gasteiger charge is -2.16. The van der Waals surface area contributed by atoms with Gasteiger partial charge in [-0.1, -0.05) is 13.8 Å². The third-order valence-electron chi connectivity index (χ3n) is 2.56. The first kappa shape index (κ1) is 14.2. The van der Waals surface area contributed by atoms with Crippen molar-refractivity contribution in [2.24, 2.45) is 5.92 Å². The molecule has 0 aliphatic rings. The Kier molecular flexibility index (Phi) is 4.83. The Hall–Kier alpha value is -1.91. The van der Waals surface area contributed by atoms with Gasteiger partial charge in [-0.3, -0.25) is 9.78 Å². The minimum Gasteiger partial charge on any atom is -0.480 e. The highest BCUT2D eigenvalue weighted by Gasteiger charge is 2.22. The van der Waals surface area contributed by atoms with Gasteiger partial charge in [0.2, 0.25) is 0 Å². The number of nitrogens with zero attached hydrogens (tertiary/aromatic N) is 1. The Bertz CT molecular complexity index is 444. The zero-order valence-corrected chi connectivity index (χ0v) is 10.8. The van der Waals surface area contributed by atoms with E-state index < -0.39 is 17.9 Å². The van der Waals surface area contributed by atoms with Crippen LogP contribution in [0.4, 0.5) is 0 Å². The minimum absolute atomic E-state index is 0.196. The molecule has 1 unspecified atom stereocenters. The summed E-state index contributed by atoms with van der Waals surface area (Å²) in [6.07, 6.45) is 2.00. The Labute approximate surface area is 106 Å². The average molecular weight is 250 g/mol. The molecular weight excluding hydrogens is 232 g/mol. The number of carbonyl (C=O) groups is 2. The summed E-state index contributed by atoms with van der Waals surface area (Å²) in [5, 5.41) is 11.6. The largest absolute Gasteiger partial charge is 0.480 e. The van der Waals surface area contributed by atoms with Crippen molar-refractivity contribution in [2.75, 3.05) is 0 Å². The van der Waals surface area contributed by atoms with E-state index in [1.807, 2.05) is 13.8 Å². The van der Waals surface area contributed by atoms with Gasteiger partial charge in [0.05, 0.1) is 5.56 Å². The van der Waals surface area contributed by atoms with Crippen molar-refractivity contribution in [1.82, 2.24) is 10.3 Å². The van der Waals surface area contributed by atoms with Crippen LogP contribution in [0, 0.1) is 12.8 Å². The van der Waals surface area contributed by atoms with Gasteiger partial charge in [-0.25, -0.2) is 4.79 Å². The fourth-order valence-electron chi connectivity index (χ4n) is 1.65. The summed E-state index contributed by atoms with van der Waals surface area (Å²) in [7, 11) is 0. The van der Waals surface area contributed by atoms with E-state index in [1.165, 1.54) is 0 Å². The van der Waals surface area contributed by atoms with Crippen LogP contribution in [0.5, 0.6) is 0 Å². The molecule has 0 aliphatic heterocycles. The monoisotopic (exact) mass is 250 g/mol. The van der Waals surface area contributed by atoms with Crippen LogP contribution < -0.4 is 5.32 Å². The van der Waals surface area contributed by atoms with Gasteiger partial charge in [-0.2, -0.15) is 0 Å². The molecule has 2 N–H and O–H groups in total. The predicted molar refractivity (Wildman–Crippen MR) is 67.3 cm³/mol. The lowest BCUT2D eigenvalue weighted by molar-refractivity contribution is -0.139. The molecule has 1 heterocycles. The molecule has 0 bridgehead atoms. The van der Waals surface area contributed by atoms with E-state index in [-0.39, 0.29) is 5.92 Å². The first-order valence-electron chi connectivity index (χ1n) is 5.87. The molecule has 98 valence electrons. The topological polar surface area (TPSA) is 79.3 Å². The second-order valence-electron chi connectivity index (χ2n) is 4.63. The van der Waals surface area contributed by atoms with E-state index in [4.69, 9.17) is 5.11 Å². The van der Waals surface area contributed by atoms with Crippen LogP contribution in [-0.4, -0.2) is 28.0 Å². The molecule has 1 aromatic heterocycles. The number of carboxylic acid groups (broad SMARTS) is 1. The molecule has 1 amide bonds. The number of carboxylic acids is 1.